The molecule has 2 aliphatic rings. The summed E-state index contributed by atoms with van der Waals surface area (Å²) in [6.45, 7) is 4.07. The molecule has 1 aliphatic heterocycles. The second-order valence-corrected chi connectivity index (χ2v) is 7.90. The van der Waals surface area contributed by atoms with Crippen molar-refractivity contribution in [3.63, 3.8) is 0 Å². The fraction of sp³-hybridized carbons (Fsp3) is 0.619. The van der Waals surface area contributed by atoms with Crippen molar-refractivity contribution < 1.29 is 4.74 Å². The van der Waals surface area contributed by atoms with Gasteiger partial charge in [-0.2, -0.15) is 0 Å². The van der Waals surface area contributed by atoms with Crippen molar-refractivity contribution in [1.29, 1.82) is 0 Å². The van der Waals surface area contributed by atoms with E-state index < -0.39 is 0 Å². The van der Waals surface area contributed by atoms with Gasteiger partial charge in [-0.1, -0.05) is 11.6 Å². The van der Waals surface area contributed by atoms with E-state index in [9.17, 15) is 0 Å². The molecular weight excluding hydrogens is 310 g/mol. The van der Waals surface area contributed by atoms with Gasteiger partial charge in [0.1, 0.15) is 12.1 Å². The lowest BCUT2D eigenvalue weighted by Gasteiger charge is -2.32. The third kappa shape index (κ3) is 4.12. The number of fused-ring (bicyclic) bond motifs is 1. The topological polar surface area (TPSA) is 47.0 Å². The Morgan fingerprint density at radius 3 is 2.56 bits per heavy atom. The summed E-state index contributed by atoms with van der Waals surface area (Å²) in [6.07, 6.45) is 10.8. The van der Waals surface area contributed by atoms with Crippen LogP contribution in [0.4, 0.5) is 5.82 Å². The lowest BCUT2D eigenvalue weighted by Crippen LogP contribution is -2.28. The summed E-state index contributed by atoms with van der Waals surface area (Å²) < 4.78 is 5.49. The van der Waals surface area contributed by atoms with Crippen LogP contribution in [0.2, 0.25) is 0 Å². The van der Waals surface area contributed by atoms with Crippen LogP contribution in [0.1, 0.15) is 50.5 Å². The highest BCUT2D eigenvalue weighted by molar-refractivity contribution is 5.89. The maximum absolute atomic E-state index is 5.49. The standard InChI is InChI=1S/C21H29N3O/c1-15-2-7-20-19(12-15)21(23-14-22-20)24-18-5-3-16(4-6-18)13-17-8-10-25-11-9-17/h2,7,12,14,16-18H,3-6,8-11,13H2,1H3,(H,22,23,24). The van der Waals surface area contributed by atoms with Crippen LogP contribution in [-0.2, 0) is 4.74 Å². The summed E-state index contributed by atoms with van der Waals surface area (Å²) >= 11 is 0. The molecule has 2 aromatic rings. The lowest BCUT2D eigenvalue weighted by atomic mass is 9.79. The molecular formula is C21H29N3O. The summed E-state index contributed by atoms with van der Waals surface area (Å²) in [7, 11) is 0. The number of aryl methyl sites for hydroxylation is 1. The summed E-state index contributed by atoms with van der Waals surface area (Å²) in [5.41, 5.74) is 2.28. The molecule has 1 aliphatic carbocycles. The molecule has 25 heavy (non-hydrogen) atoms. The van der Waals surface area contributed by atoms with Crippen molar-refractivity contribution in [3.8, 4) is 0 Å². The van der Waals surface area contributed by atoms with E-state index in [-0.39, 0.29) is 0 Å². The Hall–Kier alpha value is -1.68. The molecule has 0 amide bonds. The van der Waals surface area contributed by atoms with Crippen molar-refractivity contribution >= 4 is 16.7 Å². The number of nitrogens with zero attached hydrogens (tertiary/aromatic N) is 2. The quantitative estimate of drug-likeness (QED) is 0.875. The van der Waals surface area contributed by atoms with Crippen molar-refractivity contribution in [2.75, 3.05) is 18.5 Å². The average molecular weight is 339 g/mol. The van der Waals surface area contributed by atoms with Crippen LogP contribution in [-0.4, -0.2) is 29.2 Å². The van der Waals surface area contributed by atoms with Crippen molar-refractivity contribution in [3.05, 3.63) is 30.1 Å². The Labute approximate surface area is 150 Å². The van der Waals surface area contributed by atoms with Crippen LogP contribution in [0.15, 0.2) is 24.5 Å². The summed E-state index contributed by atoms with van der Waals surface area (Å²) in [6, 6.07) is 6.93. The van der Waals surface area contributed by atoms with E-state index in [2.05, 4.69) is 40.4 Å². The van der Waals surface area contributed by atoms with Crippen molar-refractivity contribution in [2.45, 2.75) is 57.9 Å². The van der Waals surface area contributed by atoms with Gasteiger partial charge in [-0.15, -0.1) is 0 Å². The number of hydrogen-bond acceptors (Lipinski definition) is 4. The van der Waals surface area contributed by atoms with E-state index in [1.807, 2.05) is 0 Å². The van der Waals surface area contributed by atoms with Crippen LogP contribution >= 0.6 is 0 Å². The van der Waals surface area contributed by atoms with E-state index in [0.29, 0.717) is 6.04 Å². The predicted molar refractivity (Wildman–Crippen MR) is 102 cm³/mol. The molecule has 4 rings (SSSR count). The van der Waals surface area contributed by atoms with E-state index in [1.165, 1.54) is 50.5 Å². The van der Waals surface area contributed by atoms with Gasteiger partial charge in [0.15, 0.2) is 0 Å². The van der Waals surface area contributed by atoms with Gasteiger partial charge in [0.25, 0.3) is 0 Å². The molecule has 1 aromatic heterocycles. The zero-order valence-corrected chi connectivity index (χ0v) is 15.2. The fourth-order valence-corrected chi connectivity index (χ4v) is 4.47. The van der Waals surface area contributed by atoms with Crippen LogP contribution in [0.25, 0.3) is 10.9 Å². The molecule has 1 saturated carbocycles. The molecule has 0 atom stereocenters. The number of rotatable bonds is 4. The van der Waals surface area contributed by atoms with E-state index >= 15 is 0 Å². The number of ether oxygens (including phenoxy) is 1. The molecule has 4 nitrogen and oxygen atoms in total. The van der Waals surface area contributed by atoms with Gasteiger partial charge in [0.05, 0.1) is 5.52 Å². The Bertz CT molecular complexity index is 703. The molecule has 0 radical (unpaired) electrons. The molecule has 134 valence electrons. The minimum absolute atomic E-state index is 0.546. The molecule has 2 heterocycles. The minimum atomic E-state index is 0.546. The number of aromatic nitrogens is 2. The first-order valence-electron chi connectivity index (χ1n) is 9.83. The third-order valence-corrected chi connectivity index (χ3v) is 5.99. The van der Waals surface area contributed by atoms with Crippen molar-refractivity contribution in [2.24, 2.45) is 11.8 Å². The monoisotopic (exact) mass is 339 g/mol. The average Bonchev–Trinajstić information content (AvgIpc) is 2.65. The Kier molecular flexibility index (Phi) is 5.16. The predicted octanol–water partition coefficient (Wildman–Crippen LogP) is 4.73. The van der Waals surface area contributed by atoms with E-state index in [0.717, 1.165) is 41.8 Å². The third-order valence-electron chi connectivity index (χ3n) is 5.99. The first kappa shape index (κ1) is 16.8. The SMILES string of the molecule is Cc1ccc2ncnc(NC3CCC(CC4CCOCC4)CC3)c2c1. The van der Waals surface area contributed by atoms with Gasteiger partial charge in [0, 0.05) is 24.6 Å². The highest BCUT2D eigenvalue weighted by Crippen LogP contribution is 2.34. The minimum Gasteiger partial charge on any atom is -0.381 e. The molecule has 4 heteroatoms. The maximum Gasteiger partial charge on any atom is 0.137 e. The van der Waals surface area contributed by atoms with Crippen LogP contribution in [0, 0.1) is 18.8 Å². The van der Waals surface area contributed by atoms with E-state index in [4.69, 9.17) is 4.74 Å². The summed E-state index contributed by atoms with van der Waals surface area (Å²) in [5, 5.41) is 4.85. The summed E-state index contributed by atoms with van der Waals surface area (Å²) in [4.78, 5) is 8.91. The number of hydrogen-bond donors (Lipinski definition) is 1. The first-order valence-corrected chi connectivity index (χ1v) is 9.83. The van der Waals surface area contributed by atoms with Gasteiger partial charge in [-0.05, 0) is 75.8 Å². The zero-order chi connectivity index (χ0) is 17.1. The van der Waals surface area contributed by atoms with E-state index in [1.54, 1.807) is 6.33 Å². The van der Waals surface area contributed by atoms with Gasteiger partial charge in [0.2, 0.25) is 0 Å². The molecule has 2 fully saturated rings. The number of nitrogens with one attached hydrogen (secondary N) is 1. The van der Waals surface area contributed by atoms with Crippen LogP contribution in [0.3, 0.4) is 0 Å². The Balaban J connectivity index is 1.35. The highest BCUT2D eigenvalue weighted by Gasteiger charge is 2.25. The second-order valence-electron chi connectivity index (χ2n) is 7.90. The molecule has 0 unspecified atom stereocenters. The number of anilines is 1. The van der Waals surface area contributed by atoms with Crippen molar-refractivity contribution in [1.82, 2.24) is 9.97 Å². The van der Waals surface area contributed by atoms with Gasteiger partial charge in [-0.25, -0.2) is 9.97 Å². The molecule has 1 N–H and O–H groups in total. The maximum atomic E-state index is 5.49. The second kappa shape index (κ2) is 7.69. The summed E-state index contributed by atoms with van der Waals surface area (Å²) in [5.74, 6) is 2.81. The van der Waals surface area contributed by atoms with Gasteiger partial charge < -0.3 is 10.1 Å². The first-order chi connectivity index (χ1) is 12.3. The largest absolute Gasteiger partial charge is 0.381 e. The smallest absolute Gasteiger partial charge is 0.137 e. The molecule has 1 saturated heterocycles. The Morgan fingerprint density at radius 2 is 1.76 bits per heavy atom. The zero-order valence-electron chi connectivity index (χ0n) is 15.2. The normalized spacial score (nSPS) is 25.2. The van der Waals surface area contributed by atoms with Crippen LogP contribution < -0.4 is 5.32 Å². The molecule has 0 bridgehead atoms. The van der Waals surface area contributed by atoms with Crippen LogP contribution in [0.5, 0.6) is 0 Å². The molecule has 0 spiro atoms. The van der Waals surface area contributed by atoms with Gasteiger partial charge >= 0.3 is 0 Å². The highest BCUT2D eigenvalue weighted by atomic mass is 16.5. The number of benzene rings is 1. The lowest BCUT2D eigenvalue weighted by molar-refractivity contribution is 0.0560. The fourth-order valence-electron chi connectivity index (χ4n) is 4.47. The van der Waals surface area contributed by atoms with Gasteiger partial charge in [-0.3, -0.25) is 0 Å². The Morgan fingerprint density at radius 1 is 1.00 bits per heavy atom. The molecule has 1 aromatic carbocycles.